The lowest BCUT2D eigenvalue weighted by atomic mass is 10.1. The van der Waals surface area contributed by atoms with Crippen molar-refractivity contribution in [2.45, 2.75) is 32.7 Å². The minimum Gasteiger partial charge on any atom is -0.380 e. The lowest BCUT2D eigenvalue weighted by molar-refractivity contribution is 0.110. The van der Waals surface area contributed by atoms with Gasteiger partial charge in [-0.15, -0.1) is 0 Å². The first-order valence-electron chi connectivity index (χ1n) is 6.76. The molecule has 1 unspecified atom stereocenters. The monoisotopic (exact) mass is 251 g/mol. The van der Waals surface area contributed by atoms with Gasteiger partial charge in [0.05, 0.1) is 6.61 Å². The van der Waals surface area contributed by atoms with Crippen molar-refractivity contribution >= 4 is 0 Å². The Morgan fingerprint density at radius 3 is 3.06 bits per heavy atom. The van der Waals surface area contributed by atoms with Crippen LogP contribution in [0.25, 0.3) is 0 Å². The maximum atomic E-state index is 13.1. The summed E-state index contributed by atoms with van der Waals surface area (Å²) in [5, 5.41) is 3.48. The fraction of sp³-hybridized carbons (Fsp3) is 0.600. The molecule has 1 aliphatic carbocycles. The molecule has 2 nitrogen and oxygen atoms in total. The van der Waals surface area contributed by atoms with Crippen LogP contribution in [0.3, 0.4) is 0 Å². The van der Waals surface area contributed by atoms with Crippen LogP contribution in [-0.4, -0.2) is 19.8 Å². The molecule has 0 fully saturated rings. The van der Waals surface area contributed by atoms with Crippen LogP contribution in [0, 0.1) is 11.7 Å². The quantitative estimate of drug-likeness (QED) is 0.785. The van der Waals surface area contributed by atoms with Crippen LogP contribution in [-0.2, 0) is 11.2 Å². The molecular formula is C15H22FNO. The Morgan fingerprint density at radius 1 is 1.44 bits per heavy atom. The van der Waals surface area contributed by atoms with E-state index in [0.717, 1.165) is 38.2 Å². The first kappa shape index (κ1) is 13.5. The first-order valence-corrected chi connectivity index (χ1v) is 6.76. The number of ether oxygens (including phenoxy) is 1. The van der Waals surface area contributed by atoms with Gasteiger partial charge in [-0.25, -0.2) is 4.39 Å². The molecule has 1 aromatic carbocycles. The number of hydrogen-bond donors (Lipinski definition) is 1. The van der Waals surface area contributed by atoms with Crippen molar-refractivity contribution in [2.75, 3.05) is 19.8 Å². The molecule has 3 heteroatoms. The molecule has 0 bridgehead atoms. The lowest BCUT2D eigenvalue weighted by Gasteiger charge is -2.14. The molecule has 0 spiro atoms. The van der Waals surface area contributed by atoms with Crippen LogP contribution in [0.5, 0.6) is 0 Å². The predicted molar refractivity (Wildman–Crippen MR) is 71.1 cm³/mol. The van der Waals surface area contributed by atoms with E-state index in [1.54, 1.807) is 12.1 Å². The molecule has 1 N–H and O–H groups in total. The molecule has 0 amide bonds. The predicted octanol–water partition coefficient (Wildman–Crippen LogP) is 3.08. The van der Waals surface area contributed by atoms with Gasteiger partial charge in [0.1, 0.15) is 5.82 Å². The molecule has 0 aliphatic heterocycles. The Labute approximate surface area is 109 Å². The largest absolute Gasteiger partial charge is 0.380 e. The zero-order valence-electron chi connectivity index (χ0n) is 11.2. The highest BCUT2D eigenvalue weighted by molar-refractivity contribution is 5.34. The molecule has 100 valence electrons. The van der Waals surface area contributed by atoms with E-state index in [0.29, 0.717) is 12.0 Å². The number of rotatable bonds is 6. The van der Waals surface area contributed by atoms with E-state index in [4.69, 9.17) is 4.74 Å². The molecular weight excluding hydrogens is 229 g/mol. The van der Waals surface area contributed by atoms with E-state index < -0.39 is 0 Å². The summed E-state index contributed by atoms with van der Waals surface area (Å²) in [6.45, 7) is 6.71. The summed E-state index contributed by atoms with van der Waals surface area (Å²) in [4.78, 5) is 0. The summed E-state index contributed by atoms with van der Waals surface area (Å²) in [6, 6.07) is 5.48. The molecule has 0 saturated heterocycles. The molecule has 0 aromatic heterocycles. The highest BCUT2D eigenvalue weighted by Gasteiger charge is 2.21. The van der Waals surface area contributed by atoms with E-state index in [9.17, 15) is 4.39 Å². The lowest BCUT2D eigenvalue weighted by Crippen LogP contribution is -2.24. The van der Waals surface area contributed by atoms with Crippen LogP contribution < -0.4 is 5.32 Å². The molecule has 0 radical (unpaired) electrons. The maximum Gasteiger partial charge on any atom is 0.123 e. The van der Waals surface area contributed by atoms with E-state index >= 15 is 0 Å². The molecule has 2 rings (SSSR count). The number of fused-ring (bicyclic) bond motifs is 1. The van der Waals surface area contributed by atoms with Gasteiger partial charge >= 0.3 is 0 Å². The Kier molecular flexibility index (Phi) is 4.72. The highest BCUT2D eigenvalue weighted by Crippen LogP contribution is 2.31. The summed E-state index contributed by atoms with van der Waals surface area (Å²) < 4.78 is 18.6. The van der Waals surface area contributed by atoms with Crippen LogP contribution in [0.15, 0.2) is 18.2 Å². The van der Waals surface area contributed by atoms with Crippen molar-refractivity contribution in [3.8, 4) is 0 Å². The molecule has 0 heterocycles. The number of halogens is 1. The number of aryl methyl sites for hydroxylation is 1. The highest BCUT2D eigenvalue weighted by atomic mass is 19.1. The van der Waals surface area contributed by atoms with Crippen LogP contribution >= 0.6 is 0 Å². The SMILES string of the molecule is CC(C)COCCNC1CCc2cc(F)ccc21. The van der Waals surface area contributed by atoms with Crippen LogP contribution in [0.1, 0.15) is 37.4 Å². The second-order valence-corrected chi connectivity index (χ2v) is 5.36. The van der Waals surface area contributed by atoms with Crippen molar-refractivity contribution in [3.63, 3.8) is 0 Å². The van der Waals surface area contributed by atoms with Gasteiger partial charge in [0, 0.05) is 19.2 Å². The summed E-state index contributed by atoms with van der Waals surface area (Å²) >= 11 is 0. The minimum atomic E-state index is -0.130. The average molecular weight is 251 g/mol. The van der Waals surface area contributed by atoms with Gasteiger partial charge < -0.3 is 10.1 Å². The van der Waals surface area contributed by atoms with Gasteiger partial charge in [-0.2, -0.15) is 0 Å². The summed E-state index contributed by atoms with van der Waals surface area (Å²) in [5.74, 6) is 0.454. The van der Waals surface area contributed by atoms with Gasteiger partial charge in [-0.05, 0) is 42.0 Å². The van der Waals surface area contributed by atoms with Gasteiger partial charge in [0.15, 0.2) is 0 Å². The van der Waals surface area contributed by atoms with Crippen molar-refractivity contribution in [1.82, 2.24) is 5.32 Å². The van der Waals surface area contributed by atoms with Gasteiger partial charge in [0.25, 0.3) is 0 Å². The summed E-state index contributed by atoms with van der Waals surface area (Å²) in [5.41, 5.74) is 2.40. The normalized spacial score (nSPS) is 18.3. The Morgan fingerprint density at radius 2 is 2.28 bits per heavy atom. The number of benzene rings is 1. The zero-order valence-corrected chi connectivity index (χ0v) is 11.2. The summed E-state index contributed by atoms with van der Waals surface area (Å²) in [7, 11) is 0. The molecule has 0 saturated carbocycles. The van der Waals surface area contributed by atoms with Crippen molar-refractivity contribution in [2.24, 2.45) is 5.92 Å². The molecule has 1 aliphatic rings. The van der Waals surface area contributed by atoms with E-state index in [1.807, 2.05) is 6.07 Å². The van der Waals surface area contributed by atoms with E-state index in [2.05, 4.69) is 19.2 Å². The van der Waals surface area contributed by atoms with Gasteiger partial charge in [0.2, 0.25) is 0 Å². The van der Waals surface area contributed by atoms with Crippen LogP contribution in [0.4, 0.5) is 4.39 Å². The fourth-order valence-electron chi connectivity index (χ4n) is 2.42. The smallest absolute Gasteiger partial charge is 0.123 e. The van der Waals surface area contributed by atoms with Crippen molar-refractivity contribution < 1.29 is 9.13 Å². The van der Waals surface area contributed by atoms with E-state index in [-0.39, 0.29) is 5.82 Å². The second kappa shape index (κ2) is 6.30. The Bertz CT molecular complexity index is 392. The first-order chi connectivity index (χ1) is 8.66. The Balaban J connectivity index is 1.76. The van der Waals surface area contributed by atoms with Crippen molar-refractivity contribution in [3.05, 3.63) is 35.1 Å². The van der Waals surface area contributed by atoms with Gasteiger partial charge in [-0.1, -0.05) is 19.9 Å². The van der Waals surface area contributed by atoms with E-state index in [1.165, 1.54) is 5.56 Å². The molecule has 18 heavy (non-hydrogen) atoms. The average Bonchev–Trinajstić information content (AvgIpc) is 2.70. The number of hydrogen-bond acceptors (Lipinski definition) is 2. The second-order valence-electron chi connectivity index (χ2n) is 5.36. The topological polar surface area (TPSA) is 21.3 Å². The summed E-state index contributed by atoms with van der Waals surface area (Å²) in [6.07, 6.45) is 2.03. The minimum absolute atomic E-state index is 0.130. The Hall–Kier alpha value is -0.930. The third kappa shape index (κ3) is 3.53. The molecule has 1 aromatic rings. The van der Waals surface area contributed by atoms with Gasteiger partial charge in [-0.3, -0.25) is 0 Å². The third-order valence-electron chi connectivity index (χ3n) is 3.27. The van der Waals surface area contributed by atoms with Crippen molar-refractivity contribution in [1.29, 1.82) is 0 Å². The third-order valence-corrected chi connectivity index (χ3v) is 3.27. The molecule has 1 atom stereocenters. The fourth-order valence-corrected chi connectivity index (χ4v) is 2.42. The number of nitrogens with one attached hydrogen (secondary N) is 1. The maximum absolute atomic E-state index is 13.1. The van der Waals surface area contributed by atoms with Crippen LogP contribution in [0.2, 0.25) is 0 Å². The zero-order chi connectivity index (χ0) is 13.0. The standard InChI is InChI=1S/C15H22FNO/c1-11(2)10-18-8-7-17-15-6-3-12-9-13(16)4-5-14(12)15/h4-5,9,11,15,17H,3,6-8,10H2,1-2H3.